The highest BCUT2D eigenvalue weighted by Crippen LogP contribution is 2.55. The number of likely N-dealkylation sites (tertiary alicyclic amines) is 1. The Bertz CT molecular complexity index is 1320. The Morgan fingerprint density at radius 3 is 2.47 bits per heavy atom. The van der Waals surface area contributed by atoms with Crippen molar-refractivity contribution in [3.05, 3.63) is 101 Å². The third-order valence-electron chi connectivity index (χ3n) is 9.15. The molecule has 1 saturated carbocycles. The van der Waals surface area contributed by atoms with Crippen molar-refractivity contribution in [2.75, 3.05) is 13.6 Å². The van der Waals surface area contributed by atoms with E-state index >= 15 is 0 Å². The van der Waals surface area contributed by atoms with Crippen molar-refractivity contribution in [3.8, 4) is 5.75 Å². The lowest BCUT2D eigenvalue weighted by Crippen LogP contribution is -2.59. The molecule has 1 aliphatic heterocycles. The normalized spacial score (nSPS) is 24.7. The molecule has 6 rings (SSSR count). The van der Waals surface area contributed by atoms with Gasteiger partial charge in [0.2, 0.25) is 0 Å². The number of nitrogens with zero attached hydrogens (tertiary/aromatic N) is 1. The quantitative estimate of drug-likeness (QED) is 0.409. The molecule has 5 nitrogen and oxygen atoms in total. The second-order valence-corrected chi connectivity index (χ2v) is 11.2. The zero-order chi connectivity index (χ0) is 26.9. The number of carbonyl (C=O) groups is 2. The van der Waals surface area contributed by atoms with Gasteiger partial charge in [0.1, 0.15) is 5.75 Å². The Morgan fingerprint density at radius 1 is 0.947 bits per heavy atom. The lowest BCUT2D eigenvalue weighted by Gasteiger charge is -2.58. The predicted octanol–water partition coefficient (Wildman–Crippen LogP) is 6.19. The number of aliphatic carboxylic acids is 1. The minimum Gasteiger partial charge on any atom is -0.508 e. The molecule has 5 heteroatoms. The Kier molecular flexibility index (Phi) is 7.40. The molecule has 3 aromatic rings. The number of rotatable bonds is 4. The Morgan fingerprint density at radius 2 is 1.71 bits per heavy atom. The average molecular weight is 512 g/mol. The molecule has 2 N–H and O–H groups in total. The maximum atomic E-state index is 12.2. The number of phenols is 1. The zero-order valence-electron chi connectivity index (χ0n) is 22.3. The zero-order valence-corrected chi connectivity index (χ0v) is 22.3. The highest BCUT2D eigenvalue weighted by atomic mass is 16.4. The van der Waals surface area contributed by atoms with E-state index in [1.54, 1.807) is 55.5 Å². The van der Waals surface area contributed by atoms with E-state index in [1.165, 1.54) is 56.2 Å². The number of fused-ring (bicyclic) bond motifs is 1. The van der Waals surface area contributed by atoms with Gasteiger partial charge in [0.15, 0.2) is 5.78 Å². The molecule has 0 aromatic heterocycles. The molecule has 1 unspecified atom stereocenters. The van der Waals surface area contributed by atoms with Gasteiger partial charge in [-0.15, -0.1) is 0 Å². The van der Waals surface area contributed by atoms with Crippen LogP contribution in [0.1, 0.15) is 77.6 Å². The van der Waals surface area contributed by atoms with Gasteiger partial charge in [0.05, 0.1) is 5.92 Å². The van der Waals surface area contributed by atoms with Crippen molar-refractivity contribution in [1.82, 2.24) is 4.90 Å². The fourth-order valence-electron chi connectivity index (χ4n) is 7.03. The monoisotopic (exact) mass is 511 g/mol. The number of carboxylic acid groups (broad SMARTS) is 1. The minimum absolute atomic E-state index is 0.0972. The van der Waals surface area contributed by atoms with E-state index in [-0.39, 0.29) is 5.78 Å². The van der Waals surface area contributed by atoms with E-state index in [1.807, 2.05) is 12.1 Å². The van der Waals surface area contributed by atoms with E-state index in [2.05, 4.69) is 24.1 Å². The molecule has 0 radical (unpaired) electrons. The third-order valence-corrected chi connectivity index (χ3v) is 9.15. The summed E-state index contributed by atoms with van der Waals surface area (Å²) < 4.78 is 0. The van der Waals surface area contributed by atoms with Crippen LogP contribution in [0.5, 0.6) is 5.75 Å². The van der Waals surface area contributed by atoms with Gasteiger partial charge < -0.3 is 15.1 Å². The van der Waals surface area contributed by atoms with Crippen LogP contribution in [0.15, 0.2) is 72.8 Å². The van der Waals surface area contributed by atoms with Gasteiger partial charge in [-0.2, -0.15) is 0 Å². The van der Waals surface area contributed by atoms with Crippen molar-refractivity contribution in [1.29, 1.82) is 0 Å². The van der Waals surface area contributed by atoms with Gasteiger partial charge in [-0.1, -0.05) is 67.4 Å². The summed E-state index contributed by atoms with van der Waals surface area (Å²) in [6, 6.07) is 22.6. The summed E-state index contributed by atoms with van der Waals surface area (Å²) in [5.41, 5.74) is 5.10. The summed E-state index contributed by atoms with van der Waals surface area (Å²) in [5.74, 6) is -0.350. The van der Waals surface area contributed by atoms with Crippen LogP contribution in [0.4, 0.5) is 0 Å². The number of ketones is 1. The molecule has 2 aliphatic carbocycles. The van der Waals surface area contributed by atoms with Crippen molar-refractivity contribution < 1.29 is 19.8 Å². The van der Waals surface area contributed by atoms with Crippen molar-refractivity contribution in [2.45, 2.75) is 62.8 Å². The van der Waals surface area contributed by atoms with E-state index in [9.17, 15) is 14.7 Å². The standard InChI is InChI=1S/C17H23NO.C16H14O3/c1-18-9-8-17-7-3-2-4-14(17)16(18)10-12-5-6-13(19)11-15(12)17;1-11(16(18)19)13-8-5-9-14(10-13)15(17)12-6-3-2-4-7-12/h5-6,11,14,16,19H,2-4,7-10H2,1H3;2-11H,1H3,(H,18,19)/t14-,16-,17+;/m0./s1. The van der Waals surface area contributed by atoms with E-state index in [0.29, 0.717) is 27.9 Å². The van der Waals surface area contributed by atoms with Crippen molar-refractivity contribution in [2.24, 2.45) is 5.92 Å². The first-order chi connectivity index (χ1) is 18.3. The number of hydrogen-bond donors (Lipinski definition) is 2. The lowest BCUT2D eigenvalue weighted by atomic mass is 9.52. The number of aromatic hydroxyl groups is 1. The van der Waals surface area contributed by atoms with Gasteiger partial charge in [-0.3, -0.25) is 9.59 Å². The molecule has 198 valence electrons. The Balaban J connectivity index is 0.000000155. The largest absolute Gasteiger partial charge is 0.508 e. The highest BCUT2D eigenvalue weighted by Gasteiger charge is 2.53. The number of carboxylic acids is 1. The molecule has 3 aliphatic rings. The lowest BCUT2D eigenvalue weighted by molar-refractivity contribution is -0.138. The summed E-state index contributed by atoms with van der Waals surface area (Å²) >= 11 is 0. The van der Waals surface area contributed by atoms with E-state index in [4.69, 9.17) is 5.11 Å². The van der Waals surface area contributed by atoms with Gasteiger partial charge in [0.25, 0.3) is 0 Å². The summed E-state index contributed by atoms with van der Waals surface area (Å²) in [6.07, 6.45) is 7.93. The minimum atomic E-state index is -0.899. The van der Waals surface area contributed by atoms with Crippen LogP contribution < -0.4 is 0 Å². The number of phenolic OH excluding ortho intramolecular Hbond substituents is 1. The molecular formula is C33H37NO4. The van der Waals surface area contributed by atoms with E-state index < -0.39 is 11.9 Å². The van der Waals surface area contributed by atoms with Crippen LogP contribution in [0.2, 0.25) is 0 Å². The van der Waals surface area contributed by atoms with Crippen LogP contribution in [0, 0.1) is 5.92 Å². The maximum Gasteiger partial charge on any atom is 0.310 e. The summed E-state index contributed by atoms with van der Waals surface area (Å²) in [5, 5.41) is 18.9. The van der Waals surface area contributed by atoms with Crippen molar-refractivity contribution >= 4 is 11.8 Å². The Labute approximate surface area is 225 Å². The molecule has 2 fully saturated rings. The number of hydrogen-bond acceptors (Lipinski definition) is 4. The number of piperidine rings is 1. The molecule has 0 amide bonds. The first kappa shape index (κ1) is 26.2. The molecule has 2 bridgehead atoms. The predicted molar refractivity (Wildman–Crippen MR) is 149 cm³/mol. The molecule has 4 atom stereocenters. The third kappa shape index (κ3) is 4.88. The summed E-state index contributed by atoms with van der Waals surface area (Å²) in [7, 11) is 2.30. The molecule has 3 aromatic carbocycles. The molecular weight excluding hydrogens is 474 g/mol. The fraction of sp³-hybridized carbons (Fsp3) is 0.394. The van der Waals surface area contributed by atoms with Gasteiger partial charge >= 0.3 is 5.97 Å². The number of benzene rings is 3. The SMILES string of the molecule is CC(C(=O)O)c1cccc(C(=O)c2ccccc2)c1.CN1CC[C@]23CCCC[C@H]2[C@@H]1Cc1ccc(O)cc13. The fourth-order valence-corrected chi connectivity index (χ4v) is 7.03. The number of likely N-dealkylation sites (N-methyl/N-ethyl adjacent to an activating group) is 1. The van der Waals surface area contributed by atoms with Crippen LogP contribution in [-0.4, -0.2) is 46.5 Å². The van der Waals surface area contributed by atoms with Crippen LogP contribution in [0.3, 0.4) is 0 Å². The van der Waals surface area contributed by atoms with Crippen LogP contribution in [0.25, 0.3) is 0 Å². The van der Waals surface area contributed by atoms with Gasteiger partial charge in [-0.05, 0) is 87.0 Å². The average Bonchev–Trinajstić information content (AvgIpc) is 2.95. The Hall–Kier alpha value is -3.44. The highest BCUT2D eigenvalue weighted by molar-refractivity contribution is 6.09. The molecule has 1 heterocycles. The topological polar surface area (TPSA) is 77.8 Å². The smallest absolute Gasteiger partial charge is 0.310 e. The molecule has 1 saturated heterocycles. The van der Waals surface area contributed by atoms with Crippen LogP contribution in [-0.2, 0) is 16.6 Å². The second kappa shape index (κ2) is 10.7. The number of carbonyl (C=O) groups excluding carboxylic acids is 1. The molecule has 38 heavy (non-hydrogen) atoms. The maximum absolute atomic E-state index is 12.2. The summed E-state index contributed by atoms with van der Waals surface area (Å²) in [4.78, 5) is 25.8. The van der Waals surface area contributed by atoms with E-state index in [0.717, 1.165) is 12.0 Å². The summed E-state index contributed by atoms with van der Waals surface area (Å²) in [6.45, 7) is 2.82. The van der Waals surface area contributed by atoms with Gasteiger partial charge in [0, 0.05) is 22.6 Å². The second-order valence-electron chi connectivity index (χ2n) is 11.2. The first-order valence-corrected chi connectivity index (χ1v) is 13.8. The van der Waals surface area contributed by atoms with Gasteiger partial charge in [-0.25, -0.2) is 0 Å². The molecule has 0 spiro atoms. The van der Waals surface area contributed by atoms with Crippen LogP contribution >= 0.6 is 0 Å². The first-order valence-electron chi connectivity index (χ1n) is 13.8. The van der Waals surface area contributed by atoms with Crippen molar-refractivity contribution in [3.63, 3.8) is 0 Å².